The average molecular weight is 755 g/mol. The molecule has 2 aromatic rings. The lowest BCUT2D eigenvalue weighted by Gasteiger charge is -2.67. The van der Waals surface area contributed by atoms with Crippen LogP contribution >= 0.6 is 11.3 Å². The molecule has 1 aromatic carbocycles. The minimum Gasteiger partial charge on any atom is -0.461 e. The molecule has 0 radical (unpaired) electrons. The Morgan fingerprint density at radius 1 is 0.981 bits per heavy atom. The van der Waals surface area contributed by atoms with Crippen molar-refractivity contribution in [1.82, 2.24) is 0 Å². The number of carbonyl (C=O) groups excluding carboxylic acids is 5. The molecule has 4 aliphatic rings. The van der Waals surface area contributed by atoms with Gasteiger partial charge in [0.1, 0.15) is 36.1 Å². The lowest BCUT2D eigenvalue weighted by atomic mass is 9.44. The number of ether oxygens (including phenoxy) is 5. The summed E-state index contributed by atoms with van der Waals surface area (Å²) in [5, 5.41) is 38.6. The van der Waals surface area contributed by atoms with Crippen LogP contribution in [-0.4, -0.2) is 99.4 Å². The summed E-state index contributed by atoms with van der Waals surface area (Å²) in [6, 6.07) is 11.5. The van der Waals surface area contributed by atoms with Crippen LogP contribution in [-0.2, 0) is 42.9 Å². The van der Waals surface area contributed by atoms with Crippen LogP contribution in [0.5, 0.6) is 0 Å². The van der Waals surface area contributed by atoms with Gasteiger partial charge in [-0.25, -0.2) is 9.59 Å². The fourth-order valence-electron chi connectivity index (χ4n) is 9.24. The molecule has 13 nitrogen and oxygen atoms in total. The Bertz CT molecular complexity index is 1820. The Morgan fingerprint density at radius 2 is 1.66 bits per heavy atom. The number of hydrogen-bond acceptors (Lipinski definition) is 14. The Balaban J connectivity index is 1.57. The predicted molar refractivity (Wildman–Crippen MR) is 187 cm³/mol. The Morgan fingerprint density at radius 3 is 2.23 bits per heavy atom. The number of rotatable bonds is 8. The highest BCUT2D eigenvalue weighted by molar-refractivity contribution is 7.10. The van der Waals surface area contributed by atoms with Crippen LogP contribution in [0.1, 0.15) is 82.5 Å². The summed E-state index contributed by atoms with van der Waals surface area (Å²) < 4.78 is 30.0. The van der Waals surface area contributed by atoms with Crippen molar-refractivity contribution in [1.29, 1.82) is 0 Å². The Kier molecular flexibility index (Phi) is 10.0. The summed E-state index contributed by atoms with van der Waals surface area (Å²) in [5.41, 5.74) is -7.14. The molecule has 2 saturated carbocycles. The summed E-state index contributed by atoms with van der Waals surface area (Å²) in [5.74, 6) is -6.36. The number of fused-ring (bicyclic) bond motifs is 5. The number of hydrogen-bond donors (Lipinski definition) is 3. The molecule has 3 N–H and O–H groups in total. The highest BCUT2D eigenvalue weighted by Crippen LogP contribution is 2.64. The van der Waals surface area contributed by atoms with E-state index in [0.29, 0.717) is 0 Å². The fraction of sp³-hybridized carbons (Fsp3) is 0.564. The van der Waals surface area contributed by atoms with Gasteiger partial charge in [-0.1, -0.05) is 45.0 Å². The van der Waals surface area contributed by atoms with Gasteiger partial charge in [-0.3, -0.25) is 14.4 Å². The monoisotopic (exact) mass is 754 g/mol. The van der Waals surface area contributed by atoms with E-state index in [2.05, 4.69) is 0 Å². The van der Waals surface area contributed by atoms with Gasteiger partial charge in [0, 0.05) is 42.9 Å². The van der Waals surface area contributed by atoms with Crippen molar-refractivity contribution in [3.63, 3.8) is 0 Å². The first-order valence-electron chi connectivity index (χ1n) is 17.6. The maximum atomic E-state index is 15.1. The lowest BCUT2D eigenvalue weighted by Crippen LogP contribution is -2.82. The number of aliphatic hydroxyl groups excluding tert-OH is 2. The van der Waals surface area contributed by atoms with Crippen LogP contribution in [0.4, 0.5) is 0 Å². The van der Waals surface area contributed by atoms with Crippen molar-refractivity contribution < 1.29 is 63.0 Å². The molecule has 0 amide bonds. The first-order chi connectivity index (χ1) is 24.8. The van der Waals surface area contributed by atoms with E-state index in [0.717, 1.165) is 11.8 Å². The molecule has 0 spiro atoms. The van der Waals surface area contributed by atoms with Crippen molar-refractivity contribution in [2.45, 2.75) is 115 Å². The zero-order valence-electron chi connectivity index (χ0n) is 30.7. The molecule has 11 atom stereocenters. The summed E-state index contributed by atoms with van der Waals surface area (Å²) >= 11 is 1.36. The van der Waals surface area contributed by atoms with Gasteiger partial charge in [-0.15, -0.1) is 11.3 Å². The highest BCUT2D eigenvalue weighted by atomic mass is 32.1. The van der Waals surface area contributed by atoms with Crippen molar-refractivity contribution in [2.24, 2.45) is 16.7 Å². The fourth-order valence-corrected chi connectivity index (χ4v) is 10.1. The quantitative estimate of drug-likeness (QED) is 0.202. The van der Waals surface area contributed by atoms with Crippen LogP contribution < -0.4 is 0 Å². The maximum Gasteiger partial charge on any atom is 0.338 e. The SMILES string of the molecule is CC(=O)OC1CC2OCC2(OC(C)=O)C2C(OC(=O)c3ccccc3)C3(O)CC(OC(=O)C(O)C(C)c4cccs4)C(C)=C(C(O)C(=O)[C@]12C)C3(C)C. The van der Waals surface area contributed by atoms with Gasteiger partial charge in [0.15, 0.2) is 17.5 Å². The second-order valence-electron chi connectivity index (χ2n) is 15.4. The lowest BCUT2D eigenvalue weighted by molar-refractivity contribution is -0.346. The topological polar surface area (TPSA) is 192 Å². The van der Waals surface area contributed by atoms with E-state index < -0.39 is 107 Å². The third-order valence-corrected chi connectivity index (χ3v) is 13.2. The molecule has 6 rings (SSSR count). The number of ketones is 1. The summed E-state index contributed by atoms with van der Waals surface area (Å²) in [6.07, 6.45) is -9.42. The molecular weight excluding hydrogens is 708 g/mol. The van der Waals surface area contributed by atoms with Crippen molar-refractivity contribution in [2.75, 3.05) is 6.61 Å². The minimum atomic E-state index is -2.28. The van der Waals surface area contributed by atoms with Gasteiger partial charge in [-0.2, -0.15) is 0 Å². The van der Waals surface area contributed by atoms with E-state index in [1.807, 2.05) is 5.38 Å². The van der Waals surface area contributed by atoms with E-state index in [1.165, 1.54) is 37.3 Å². The zero-order valence-corrected chi connectivity index (χ0v) is 31.5. The molecule has 3 fully saturated rings. The van der Waals surface area contributed by atoms with Gasteiger partial charge < -0.3 is 39.0 Å². The van der Waals surface area contributed by atoms with Gasteiger partial charge in [0.05, 0.1) is 23.5 Å². The van der Waals surface area contributed by atoms with Gasteiger partial charge in [0.25, 0.3) is 0 Å². The van der Waals surface area contributed by atoms with Crippen molar-refractivity contribution in [3.8, 4) is 0 Å². The predicted octanol–water partition coefficient (Wildman–Crippen LogP) is 3.43. The Labute approximate surface area is 311 Å². The van der Waals surface area contributed by atoms with Crippen molar-refractivity contribution >= 4 is 41.0 Å². The van der Waals surface area contributed by atoms with Crippen LogP contribution in [0.2, 0.25) is 0 Å². The normalized spacial score (nSPS) is 35.5. The number of aliphatic hydroxyl groups is 3. The summed E-state index contributed by atoms with van der Waals surface area (Å²) in [4.78, 5) is 69.0. The average Bonchev–Trinajstić information content (AvgIpc) is 3.64. The van der Waals surface area contributed by atoms with Gasteiger partial charge in [-0.05, 0) is 48.6 Å². The largest absolute Gasteiger partial charge is 0.461 e. The van der Waals surface area contributed by atoms with E-state index in [1.54, 1.807) is 58.0 Å². The molecular formula is C39H46O13S. The number of Topliss-reactive ketones (excluding diaryl/α,β-unsaturated/α-hetero) is 1. The molecule has 2 heterocycles. The molecule has 1 saturated heterocycles. The first kappa shape index (κ1) is 38.8. The van der Waals surface area contributed by atoms with Crippen LogP contribution in [0.3, 0.4) is 0 Å². The standard InChI is InChI=1S/C39H46O13S/c1-19-24(50-35(46)29(42)20(2)25-14-11-15-53-25)17-39(47)33(51-34(45)23-12-9-8-10-13-23)31-37(7,32(44)30(43)28(19)36(39,5)6)26(49-21(3)40)16-27-38(31,18-48-27)52-22(4)41/h8-15,20,24,26-27,29-31,33,42-43,47H,16-18H2,1-7H3/t20?,24?,26?,27?,29?,30?,31?,33?,37-,38?,39?/m1/s1. The van der Waals surface area contributed by atoms with Crippen molar-refractivity contribution in [3.05, 3.63) is 69.4 Å². The van der Waals surface area contributed by atoms with E-state index in [4.69, 9.17) is 23.7 Å². The van der Waals surface area contributed by atoms with E-state index >= 15 is 4.79 Å². The molecule has 10 unspecified atom stereocenters. The van der Waals surface area contributed by atoms with E-state index in [-0.39, 0.29) is 29.7 Å². The summed E-state index contributed by atoms with van der Waals surface area (Å²) in [7, 11) is 0. The molecule has 14 heteroatoms. The molecule has 286 valence electrons. The Hall–Kier alpha value is -3.95. The third kappa shape index (κ3) is 6.02. The van der Waals surface area contributed by atoms with Gasteiger partial charge >= 0.3 is 23.9 Å². The number of carbonyl (C=O) groups is 5. The maximum absolute atomic E-state index is 15.1. The van der Waals surface area contributed by atoms with Crippen LogP contribution in [0.15, 0.2) is 59.0 Å². The molecule has 1 aliphatic heterocycles. The highest BCUT2D eigenvalue weighted by Gasteiger charge is 2.78. The number of benzene rings is 1. The molecule has 3 aliphatic carbocycles. The van der Waals surface area contributed by atoms with Crippen LogP contribution in [0.25, 0.3) is 0 Å². The molecule has 2 bridgehead atoms. The van der Waals surface area contributed by atoms with E-state index in [9.17, 15) is 34.5 Å². The second-order valence-corrected chi connectivity index (χ2v) is 16.4. The zero-order chi connectivity index (χ0) is 38.8. The third-order valence-electron chi connectivity index (χ3n) is 12.2. The summed E-state index contributed by atoms with van der Waals surface area (Å²) in [6.45, 7) is 9.92. The molecule has 53 heavy (non-hydrogen) atoms. The minimum absolute atomic E-state index is 0.00498. The van der Waals surface area contributed by atoms with Gasteiger partial charge in [0.2, 0.25) is 0 Å². The first-order valence-corrected chi connectivity index (χ1v) is 18.5. The smallest absolute Gasteiger partial charge is 0.338 e. The number of esters is 4. The second kappa shape index (κ2) is 13.7. The number of thiophene rings is 1. The van der Waals surface area contributed by atoms with Crippen LogP contribution in [0, 0.1) is 16.7 Å². The molecule has 1 aromatic heterocycles.